The van der Waals surface area contributed by atoms with E-state index in [1.54, 1.807) is 24.0 Å². The van der Waals surface area contributed by atoms with Gasteiger partial charge in [-0.25, -0.2) is 9.50 Å². The normalized spacial score (nSPS) is 10.6. The number of hydrogen-bond acceptors (Lipinski definition) is 4. The van der Waals surface area contributed by atoms with E-state index < -0.39 is 0 Å². The van der Waals surface area contributed by atoms with Crippen LogP contribution < -0.4 is 4.74 Å². The van der Waals surface area contributed by atoms with Crippen LogP contribution in [0.25, 0.3) is 17.0 Å². The van der Waals surface area contributed by atoms with Crippen LogP contribution in [0.5, 0.6) is 5.75 Å². The molecule has 0 aliphatic carbocycles. The largest absolute Gasteiger partial charge is 0.493 e. The predicted molar refractivity (Wildman–Crippen MR) is 62.8 cm³/mol. The number of hydrogen-bond donors (Lipinski definition) is 0. The standard InChI is InChI=1S/C12H10N4O/c1-17-10-5-3-7-16-12(10)14-11(15-16)9-4-2-6-13-8-9/h2-8H,1H3. The lowest BCUT2D eigenvalue weighted by atomic mass is 10.3. The Morgan fingerprint density at radius 2 is 2.18 bits per heavy atom. The van der Waals surface area contributed by atoms with Crippen molar-refractivity contribution in [2.75, 3.05) is 7.11 Å². The second kappa shape index (κ2) is 3.86. The van der Waals surface area contributed by atoms with E-state index in [2.05, 4.69) is 15.1 Å². The van der Waals surface area contributed by atoms with Crippen LogP contribution in [0.15, 0.2) is 42.9 Å². The summed E-state index contributed by atoms with van der Waals surface area (Å²) in [7, 11) is 1.62. The molecule has 0 saturated heterocycles. The van der Waals surface area contributed by atoms with Gasteiger partial charge in [0.25, 0.3) is 0 Å². The van der Waals surface area contributed by atoms with E-state index in [4.69, 9.17) is 4.74 Å². The van der Waals surface area contributed by atoms with Gasteiger partial charge < -0.3 is 4.74 Å². The molecule has 0 amide bonds. The average molecular weight is 226 g/mol. The van der Waals surface area contributed by atoms with Crippen molar-refractivity contribution in [2.45, 2.75) is 0 Å². The lowest BCUT2D eigenvalue weighted by Gasteiger charge is -1.98. The molecule has 0 spiro atoms. The number of pyridine rings is 2. The molecule has 0 saturated carbocycles. The summed E-state index contributed by atoms with van der Waals surface area (Å²) in [5, 5.41) is 4.38. The maximum absolute atomic E-state index is 5.24. The first-order chi connectivity index (χ1) is 8.38. The third-order valence-corrected chi connectivity index (χ3v) is 2.47. The molecule has 3 aromatic heterocycles. The van der Waals surface area contributed by atoms with Gasteiger partial charge in [0.15, 0.2) is 17.2 Å². The van der Waals surface area contributed by atoms with Crippen LogP contribution in [0.4, 0.5) is 0 Å². The van der Waals surface area contributed by atoms with Crippen molar-refractivity contribution in [3.05, 3.63) is 42.9 Å². The van der Waals surface area contributed by atoms with Crippen LogP contribution >= 0.6 is 0 Å². The first kappa shape index (κ1) is 9.77. The Bertz CT molecular complexity index is 648. The van der Waals surface area contributed by atoms with Crippen LogP contribution in [-0.2, 0) is 0 Å². The fourth-order valence-corrected chi connectivity index (χ4v) is 1.66. The summed E-state index contributed by atoms with van der Waals surface area (Å²) in [6, 6.07) is 7.51. The minimum atomic E-state index is 0.641. The van der Waals surface area contributed by atoms with Crippen molar-refractivity contribution in [2.24, 2.45) is 0 Å². The van der Waals surface area contributed by atoms with Gasteiger partial charge in [0, 0.05) is 24.2 Å². The second-order valence-corrected chi connectivity index (χ2v) is 3.52. The number of methoxy groups -OCH3 is 1. The lowest BCUT2D eigenvalue weighted by molar-refractivity contribution is 0.416. The predicted octanol–water partition coefficient (Wildman–Crippen LogP) is 1.80. The molecule has 84 valence electrons. The Labute approximate surface area is 97.7 Å². The topological polar surface area (TPSA) is 52.3 Å². The van der Waals surface area contributed by atoms with Gasteiger partial charge in [-0.2, -0.15) is 0 Å². The first-order valence-electron chi connectivity index (χ1n) is 5.18. The molecule has 0 atom stereocenters. The van der Waals surface area contributed by atoms with Gasteiger partial charge in [0.2, 0.25) is 0 Å². The van der Waals surface area contributed by atoms with Crippen LogP contribution in [0.3, 0.4) is 0 Å². The maximum atomic E-state index is 5.24. The molecule has 0 bridgehead atoms. The van der Waals surface area contributed by atoms with E-state index in [0.717, 1.165) is 5.56 Å². The van der Waals surface area contributed by atoms with E-state index in [1.165, 1.54) is 0 Å². The van der Waals surface area contributed by atoms with Gasteiger partial charge in [-0.3, -0.25) is 4.98 Å². The summed E-state index contributed by atoms with van der Waals surface area (Å²) in [6.45, 7) is 0. The molecule has 3 rings (SSSR count). The van der Waals surface area contributed by atoms with Crippen molar-refractivity contribution < 1.29 is 4.74 Å². The van der Waals surface area contributed by atoms with Crippen molar-refractivity contribution in [1.29, 1.82) is 0 Å². The Balaban J connectivity index is 2.20. The molecule has 0 aliphatic rings. The highest BCUT2D eigenvalue weighted by Gasteiger charge is 2.09. The zero-order valence-electron chi connectivity index (χ0n) is 9.24. The smallest absolute Gasteiger partial charge is 0.198 e. The highest BCUT2D eigenvalue weighted by atomic mass is 16.5. The van der Waals surface area contributed by atoms with Crippen molar-refractivity contribution in [1.82, 2.24) is 19.6 Å². The summed E-state index contributed by atoms with van der Waals surface area (Å²) in [4.78, 5) is 8.49. The second-order valence-electron chi connectivity index (χ2n) is 3.52. The lowest BCUT2D eigenvalue weighted by Crippen LogP contribution is -1.90. The van der Waals surface area contributed by atoms with Crippen LogP contribution in [0.2, 0.25) is 0 Å². The van der Waals surface area contributed by atoms with Crippen LogP contribution in [-0.4, -0.2) is 26.7 Å². The monoisotopic (exact) mass is 226 g/mol. The molecule has 0 aromatic carbocycles. The molecule has 0 fully saturated rings. The summed E-state index contributed by atoms with van der Waals surface area (Å²) in [5.41, 5.74) is 1.59. The average Bonchev–Trinajstić information content (AvgIpc) is 2.83. The van der Waals surface area contributed by atoms with E-state index in [-0.39, 0.29) is 0 Å². The van der Waals surface area contributed by atoms with Crippen molar-refractivity contribution in [3.8, 4) is 17.1 Å². The maximum Gasteiger partial charge on any atom is 0.198 e. The Morgan fingerprint density at radius 1 is 1.24 bits per heavy atom. The molecule has 0 N–H and O–H groups in total. The number of nitrogens with zero attached hydrogens (tertiary/aromatic N) is 4. The zero-order valence-corrected chi connectivity index (χ0v) is 9.24. The van der Waals surface area contributed by atoms with Crippen LogP contribution in [0, 0.1) is 0 Å². The summed E-state index contributed by atoms with van der Waals surface area (Å²) < 4.78 is 6.93. The highest BCUT2D eigenvalue weighted by Crippen LogP contribution is 2.20. The van der Waals surface area contributed by atoms with E-state index in [0.29, 0.717) is 17.2 Å². The summed E-state index contributed by atoms with van der Waals surface area (Å²) >= 11 is 0. The van der Waals surface area contributed by atoms with Gasteiger partial charge in [-0.15, -0.1) is 5.10 Å². The molecule has 5 heteroatoms. The number of fused-ring (bicyclic) bond motifs is 1. The molecule has 3 heterocycles. The third-order valence-electron chi connectivity index (χ3n) is 2.47. The first-order valence-corrected chi connectivity index (χ1v) is 5.18. The van der Waals surface area contributed by atoms with Crippen molar-refractivity contribution in [3.63, 3.8) is 0 Å². The zero-order chi connectivity index (χ0) is 11.7. The van der Waals surface area contributed by atoms with Crippen LogP contribution in [0.1, 0.15) is 0 Å². The van der Waals surface area contributed by atoms with E-state index >= 15 is 0 Å². The molecular weight excluding hydrogens is 216 g/mol. The Kier molecular flexibility index (Phi) is 2.22. The van der Waals surface area contributed by atoms with E-state index in [1.807, 2.05) is 30.5 Å². The number of ether oxygens (including phenoxy) is 1. The summed E-state index contributed by atoms with van der Waals surface area (Å²) in [5.74, 6) is 1.35. The SMILES string of the molecule is COc1cccn2nc(-c3cccnc3)nc12. The molecule has 0 aliphatic heterocycles. The Morgan fingerprint density at radius 3 is 2.94 bits per heavy atom. The third kappa shape index (κ3) is 1.61. The van der Waals surface area contributed by atoms with Gasteiger partial charge >= 0.3 is 0 Å². The molecule has 0 unspecified atom stereocenters. The number of rotatable bonds is 2. The van der Waals surface area contributed by atoms with Gasteiger partial charge in [0.05, 0.1) is 7.11 Å². The molecule has 0 radical (unpaired) electrons. The molecule has 3 aromatic rings. The summed E-state index contributed by atoms with van der Waals surface area (Å²) in [6.07, 6.45) is 5.30. The molecular formula is C12H10N4O. The fourth-order valence-electron chi connectivity index (χ4n) is 1.66. The quantitative estimate of drug-likeness (QED) is 0.668. The minimum Gasteiger partial charge on any atom is -0.493 e. The fraction of sp³-hybridized carbons (Fsp3) is 0.0833. The van der Waals surface area contributed by atoms with Crippen molar-refractivity contribution >= 4 is 5.65 Å². The number of aromatic nitrogens is 4. The molecule has 17 heavy (non-hydrogen) atoms. The highest BCUT2D eigenvalue weighted by molar-refractivity contribution is 5.61. The van der Waals surface area contributed by atoms with Gasteiger partial charge in [-0.1, -0.05) is 0 Å². The minimum absolute atomic E-state index is 0.641. The molecule has 5 nitrogen and oxygen atoms in total. The Hall–Kier alpha value is -2.43. The van der Waals surface area contributed by atoms with Gasteiger partial charge in [0.1, 0.15) is 0 Å². The van der Waals surface area contributed by atoms with E-state index in [9.17, 15) is 0 Å². The van der Waals surface area contributed by atoms with Gasteiger partial charge in [-0.05, 0) is 24.3 Å².